The van der Waals surface area contributed by atoms with E-state index in [-0.39, 0.29) is 5.56 Å². The second-order valence-electron chi connectivity index (χ2n) is 7.23. The molecule has 0 atom stereocenters. The number of hydrogen-bond acceptors (Lipinski definition) is 8. The normalized spacial score (nSPS) is 10.8. The van der Waals surface area contributed by atoms with Gasteiger partial charge in [-0.3, -0.25) is 9.36 Å². The summed E-state index contributed by atoms with van der Waals surface area (Å²) in [6.45, 7) is 0. The van der Waals surface area contributed by atoms with Crippen molar-refractivity contribution in [1.82, 2.24) is 19.7 Å². The Morgan fingerprint density at radius 1 is 1.06 bits per heavy atom. The number of fused-ring (bicyclic) bond motifs is 1. The van der Waals surface area contributed by atoms with Gasteiger partial charge in [-0.25, -0.2) is 4.98 Å². The summed E-state index contributed by atoms with van der Waals surface area (Å²) in [5.41, 5.74) is 2.28. The van der Waals surface area contributed by atoms with Crippen molar-refractivity contribution < 1.29 is 9.15 Å². The highest BCUT2D eigenvalue weighted by Crippen LogP contribution is 2.27. The summed E-state index contributed by atoms with van der Waals surface area (Å²) in [4.78, 5) is 18.1. The molecule has 0 saturated heterocycles. The molecule has 0 saturated carbocycles. The maximum Gasteiger partial charge on any atom is 0.266 e. The highest BCUT2D eigenvalue weighted by molar-refractivity contribution is 7.98. The molecule has 0 aliphatic rings. The number of benzene rings is 3. The van der Waals surface area contributed by atoms with E-state index in [0.29, 0.717) is 50.6 Å². The lowest BCUT2D eigenvalue weighted by molar-refractivity contribution is 0.414. The van der Waals surface area contributed by atoms with Crippen LogP contribution in [0.1, 0.15) is 11.5 Å². The molecule has 3 aromatic carbocycles. The number of para-hydroxylation sites is 1. The van der Waals surface area contributed by atoms with E-state index in [1.54, 1.807) is 49.6 Å². The first kappa shape index (κ1) is 21.4. The first-order chi connectivity index (χ1) is 16.7. The lowest BCUT2D eigenvalue weighted by Gasteiger charge is -2.12. The molecule has 0 N–H and O–H groups in total. The molecule has 5 rings (SSSR count). The zero-order valence-electron chi connectivity index (χ0n) is 18.0. The molecule has 0 amide bonds. The quantitative estimate of drug-likeness (QED) is 0.263. The Hall–Kier alpha value is -4.42. The van der Waals surface area contributed by atoms with Crippen molar-refractivity contribution in [2.75, 3.05) is 7.11 Å². The molecule has 166 valence electrons. The Bertz CT molecular complexity index is 1590. The van der Waals surface area contributed by atoms with Crippen LogP contribution in [0.5, 0.6) is 5.75 Å². The molecule has 8 nitrogen and oxygen atoms in total. The minimum absolute atomic E-state index is 0.194. The van der Waals surface area contributed by atoms with E-state index in [4.69, 9.17) is 19.4 Å². The van der Waals surface area contributed by atoms with E-state index in [1.165, 1.54) is 16.3 Å². The highest BCUT2D eigenvalue weighted by atomic mass is 32.2. The lowest BCUT2D eigenvalue weighted by atomic mass is 10.2. The molecule has 0 radical (unpaired) electrons. The third-order valence-electron chi connectivity index (χ3n) is 5.11. The molecule has 0 spiro atoms. The fourth-order valence-corrected chi connectivity index (χ4v) is 4.28. The van der Waals surface area contributed by atoms with Crippen molar-refractivity contribution in [3.63, 3.8) is 0 Å². The van der Waals surface area contributed by atoms with Crippen LogP contribution in [-0.2, 0) is 5.75 Å². The van der Waals surface area contributed by atoms with Gasteiger partial charge in [0.15, 0.2) is 5.16 Å². The minimum atomic E-state index is -0.194. The SMILES string of the molecule is COc1cccc(-c2nnc(CSc3nc4ccccc4c(=O)n3-c3ccc(C#N)cc3)o2)c1. The van der Waals surface area contributed by atoms with Gasteiger partial charge in [-0.1, -0.05) is 30.0 Å². The fourth-order valence-electron chi connectivity index (χ4n) is 3.43. The molecular weight excluding hydrogens is 450 g/mol. The number of rotatable bonds is 6. The van der Waals surface area contributed by atoms with Gasteiger partial charge in [0.05, 0.1) is 41.1 Å². The monoisotopic (exact) mass is 467 g/mol. The summed E-state index contributed by atoms with van der Waals surface area (Å²) in [6.07, 6.45) is 0. The van der Waals surface area contributed by atoms with Crippen molar-refractivity contribution >= 4 is 22.7 Å². The predicted molar refractivity (Wildman–Crippen MR) is 128 cm³/mol. The molecule has 34 heavy (non-hydrogen) atoms. The van der Waals surface area contributed by atoms with E-state index >= 15 is 0 Å². The number of nitrogens with zero attached hydrogens (tertiary/aromatic N) is 5. The van der Waals surface area contributed by atoms with Gasteiger partial charge in [-0.05, 0) is 54.6 Å². The number of methoxy groups -OCH3 is 1. The van der Waals surface area contributed by atoms with Gasteiger partial charge in [0.25, 0.3) is 5.56 Å². The van der Waals surface area contributed by atoms with Crippen molar-refractivity contribution in [2.45, 2.75) is 10.9 Å². The maximum atomic E-state index is 13.3. The second-order valence-corrected chi connectivity index (χ2v) is 8.17. The van der Waals surface area contributed by atoms with Crippen LogP contribution in [0.15, 0.2) is 87.2 Å². The molecule has 0 bridgehead atoms. The van der Waals surface area contributed by atoms with Gasteiger partial charge < -0.3 is 9.15 Å². The molecule has 0 aliphatic heterocycles. The maximum absolute atomic E-state index is 13.3. The molecule has 0 fully saturated rings. The molecule has 0 aliphatic carbocycles. The van der Waals surface area contributed by atoms with Gasteiger partial charge in [0, 0.05) is 5.56 Å². The van der Waals surface area contributed by atoms with E-state index < -0.39 is 0 Å². The highest BCUT2D eigenvalue weighted by Gasteiger charge is 2.16. The van der Waals surface area contributed by atoms with Crippen LogP contribution in [0.25, 0.3) is 28.0 Å². The molecule has 2 aromatic heterocycles. The number of ether oxygens (including phenoxy) is 1. The fraction of sp³-hybridized carbons (Fsp3) is 0.0800. The Labute approximate surface area is 198 Å². The van der Waals surface area contributed by atoms with E-state index in [2.05, 4.69) is 16.3 Å². The topological polar surface area (TPSA) is 107 Å². The van der Waals surface area contributed by atoms with Gasteiger partial charge >= 0.3 is 0 Å². The minimum Gasteiger partial charge on any atom is -0.497 e. The average Bonchev–Trinajstić information content (AvgIpc) is 3.37. The average molecular weight is 468 g/mol. The summed E-state index contributed by atoms with van der Waals surface area (Å²) in [7, 11) is 1.60. The Morgan fingerprint density at radius 2 is 1.88 bits per heavy atom. The zero-order valence-corrected chi connectivity index (χ0v) is 18.8. The zero-order chi connectivity index (χ0) is 23.5. The number of aromatic nitrogens is 4. The Morgan fingerprint density at radius 3 is 2.68 bits per heavy atom. The van der Waals surface area contributed by atoms with Crippen molar-refractivity contribution in [2.24, 2.45) is 0 Å². The molecule has 5 aromatic rings. The number of thioether (sulfide) groups is 1. The van der Waals surface area contributed by atoms with Crippen molar-refractivity contribution in [3.8, 4) is 29.0 Å². The summed E-state index contributed by atoms with van der Waals surface area (Å²) in [5.74, 6) is 1.79. The summed E-state index contributed by atoms with van der Waals surface area (Å²) in [6, 6.07) is 23.5. The summed E-state index contributed by atoms with van der Waals surface area (Å²) < 4.78 is 12.6. The largest absolute Gasteiger partial charge is 0.497 e. The van der Waals surface area contributed by atoms with E-state index in [1.807, 2.05) is 30.3 Å². The van der Waals surface area contributed by atoms with E-state index in [9.17, 15) is 4.79 Å². The number of nitriles is 1. The van der Waals surface area contributed by atoms with Crippen LogP contribution in [0, 0.1) is 11.3 Å². The van der Waals surface area contributed by atoms with Crippen LogP contribution in [0.4, 0.5) is 0 Å². The smallest absolute Gasteiger partial charge is 0.266 e. The van der Waals surface area contributed by atoms with Crippen LogP contribution >= 0.6 is 11.8 Å². The Balaban J connectivity index is 1.49. The van der Waals surface area contributed by atoms with Gasteiger partial charge in [0.2, 0.25) is 11.8 Å². The van der Waals surface area contributed by atoms with Crippen molar-refractivity contribution in [3.05, 3.63) is 94.6 Å². The van der Waals surface area contributed by atoms with E-state index in [0.717, 1.165) is 5.56 Å². The molecule has 9 heteroatoms. The van der Waals surface area contributed by atoms with Crippen molar-refractivity contribution in [1.29, 1.82) is 5.26 Å². The van der Waals surface area contributed by atoms with Crippen LogP contribution in [0.3, 0.4) is 0 Å². The molecular formula is C25H17N5O3S. The first-order valence-electron chi connectivity index (χ1n) is 10.3. The molecule has 0 unspecified atom stereocenters. The number of hydrogen-bond donors (Lipinski definition) is 0. The summed E-state index contributed by atoms with van der Waals surface area (Å²) in [5, 5.41) is 18.4. The Kier molecular flexibility index (Phi) is 5.81. The third kappa shape index (κ3) is 4.14. The van der Waals surface area contributed by atoms with Gasteiger partial charge in [-0.15, -0.1) is 10.2 Å². The standard InChI is InChI=1S/C25H17N5O3S/c1-32-19-6-4-5-17(13-19)23-29-28-22(33-23)15-34-25-27-21-8-3-2-7-20(21)24(31)30(25)18-11-9-16(14-26)10-12-18/h2-13H,15H2,1H3. The second kappa shape index (κ2) is 9.21. The van der Waals surface area contributed by atoms with Gasteiger partial charge in [0.1, 0.15) is 5.75 Å². The van der Waals surface area contributed by atoms with Crippen LogP contribution in [-0.4, -0.2) is 26.9 Å². The first-order valence-corrected chi connectivity index (χ1v) is 11.3. The van der Waals surface area contributed by atoms with Crippen LogP contribution < -0.4 is 10.3 Å². The summed E-state index contributed by atoms with van der Waals surface area (Å²) >= 11 is 1.32. The van der Waals surface area contributed by atoms with Crippen LogP contribution in [0.2, 0.25) is 0 Å². The van der Waals surface area contributed by atoms with Gasteiger partial charge in [-0.2, -0.15) is 5.26 Å². The molecule has 2 heterocycles. The predicted octanol–water partition coefficient (Wildman–Crippen LogP) is 4.61. The third-order valence-corrected chi connectivity index (χ3v) is 6.03. The lowest BCUT2D eigenvalue weighted by Crippen LogP contribution is -2.21.